The maximum atomic E-state index is 17.2. The van der Waals surface area contributed by atoms with Crippen molar-refractivity contribution in [1.82, 2.24) is 0 Å². The highest BCUT2D eigenvalue weighted by atomic mass is 32.2. The zero-order valence-corrected chi connectivity index (χ0v) is 19.7. The number of aliphatic hydroxyl groups is 1. The molecule has 5 aliphatic rings. The van der Waals surface area contributed by atoms with Gasteiger partial charge in [0, 0.05) is 36.0 Å². The van der Waals surface area contributed by atoms with Crippen LogP contribution in [0.2, 0.25) is 0 Å². The van der Waals surface area contributed by atoms with Crippen molar-refractivity contribution in [2.45, 2.75) is 101 Å². The van der Waals surface area contributed by atoms with E-state index in [1.165, 1.54) is 0 Å². The van der Waals surface area contributed by atoms with Crippen molar-refractivity contribution in [1.29, 1.82) is 0 Å². The van der Waals surface area contributed by atoms with E-state index in [2.05, 4.69) is 13.8 Å². The van der Waals surface area contributed by atoms with E-state index in [1.807, 2.05) is 6.26 Å². The Morgan fingerprint density at radius 2 is 2.03 bits per heavy atom. The standard InChI is InChI=1S/C24H34F2O4S/c1-5-6-20-29-19-11-14-15-10-17(25)16-9-13(27)7-8-21(16,2)23(15,26)18(28)12-22(14,3)24(19,30-20)31-4/h14-15,18-20,28H,5-12H2,1-4H3/t14?,15?,18-,19+,20+,21-,22-,23-,24-/m0/s1. The lowest BCUT2D eigenvalue weighted by Crippen LogP contribution is -2.68. The zero-order valence-electron chi connectivity index (χ0n) is 18.9. The molecule has 1 saturated heterocycles. The van der Waals surface area contributed by atoms with Crippen molar-refractivity contribution in [2.75, 3.05) is 6.26 Å². The Kier molecular flexibility index (Phi) is 5.04. The van der Waals surface area contributed by atoms with E-state index >= 15 is 8.78 Å². The Morgan fingerprint density at radius 1 is 1.29 bits per heavy atom. The molecule has 0 aromatic rings. The largest absolute Gasteiger partial charge is 0.390 e. The van der Waals surface area contributed by atoms with E-state index in [0.29, 0.717) is 12.0 Å². The highest BCUT2D eigenvalue weighted by Gasteiger charge is 2.78. The summed E-state index contributed by atoms with van der Waals surface area (Å²) in [6, 6.07) is 0. The van der Waals surface area contributed by atoms with Crippen LogP contribution >= 0.6 is 11.8 Å². The lowest BCUT2D eigenvalue weighted by Gasteiger charge is -2.63. The molecule has 31 heavy (non-hydrogen) atoms. The minimum Gasteiger partial charge on any atom is -0.390 e. The summed E-state index contributed by atoms with van der Waals surface area (Å²) < 4.78 is 45.4. The number of alkyl halides is 1. The van der Waals surface area contributed by atoms with E-state index in [-0.39, 0.29) is 62.0 Å². The molecule has 4 fully saturated rings. The molecule has 9 atom stereocenters. The number of fused-ring (bicyclic) bond motifs is 7. The Labute approximate surface area is 187 Å². The summed E-state index contributed by atoms with van der Waals surface area (Å²) in [6.45, 7) is 5.90. The lowest BCUT2D eigenvalue weighted by atomic mass is 9.45. The minimum absolute atomic E-state index is 0.0301. The lowest BCUT2D eigenvalue weighted by molar-refractivity contribution is -0.224. The molecule has 1 N–H and O–H groups in total. The zero-order chi connectivity index (χ0) is 22.4. The number of halogens is 2. The first kappa shape index (κ1) is 22.3. The Morgan fingerprint density at radius 3 is 2.71 bits per heavy atom. The van der Waals surface area contributed by atoms with Crippen LogP contribution in [0.3, 0.4) is 0 Å². The first-order valence-electron chi connectivity index (χ1n) is 11.7. The average molecular weight is 457 g/mol. The number of rotatable bonds is 3. The number of hydrogen-bond acceptors (Lipinski definition) is 5. The molecule has 7 heteroatoms. The molecule has 1 aliphatic heterocycles. The predicted molar refractivity (Wildman–Crippen MR) is 115 cm³/mol. The van der Waals surface area contributed by atoms with E-state index in [0.717, 1.165) is 12.8 Å². The van der Waals surface area contributed by atoms with Crippen LogP contribution in [0, 0.1) is 22.7 Å². The highest BCUT2D eigenvalue weighted by molar-refractivity contribution is 7.99. The van der Waals surface area contributed by atoms with Crippen LogP contribution in [0.15, 0.2) is 11.4 Å². The molecule has 0 aromatic heterocycles. The third-order valence-corrected chi connectivity index (χ3v) is 11.0. The summed E-state index contributed by atoms with van der Waals surface area (Å²) in [5, 5.41) is 11.4. The van der Waals surface area contributed by atoms with Crippen LogP contribution in [-0.4, -0.2) is 46.2 Å². The average Bonchev–Trinajstić information content (AvgIpc) is 3.18. The number of ether oxygens (including phenoxy) is 2. The van der Waals surface area contributed by atoms with Gasteiger partial charge in [-0.3, -0.25) is 4.79 Å². The third-order valence-electron chi connectivity index (χ3n) is 9.60. The number of aliphatic hydroxyl groups excluding tert-OH is 1. The topological polar surface area (TPSA) is 55.8 Å². The van der Waals surface area contributed by atoms with Crippen LogP contribution in [-0.2, 0) is 14.3 Å². The van der Waals surface area contributed by atoms with Crippen LogP contribution in [0.1, 0.15) is 72.1 Å². The molecule has 4 nitrogen and oxygen atoms in total. The number of hydrogen-bond donors (Lipinski definition) is 1. The fraction of sp³-hybridized carbons (Fsp3) is 0.875. The highest BCUT2D eigenvalue weighted by Crippen LogP contribution is 2.74. The second kappa shape index (κ2) is 7.00. The number of carbonyl (C=O) groups is 1. The molecule has 4 aliphatic carbocycles. The first-order valence-corrected chi connectivity index (χ1v) is 12.9. The quantitative estimate of drug-likeness (QED) is 0.641. The number of carbonyl (C=O) groups excluding carboxylic acids is 1. The maximum Gasteiger partial charge on any atom is 0.160 e. The third kappa shape index (κ3) is 2.55. The van der Waals surface area contributed by atoms with Gasteiger partial charge in [-0.1, -0.05) is 27.2 Å². The predicted octanol–water partition coefficient (Wildman–Crippen LogP) is 5.09. The van der Waals surface area contributed by atoms with Gasteiger partial charge in [-0.15, -0.1) is 11.8 Å². The first-order chi connectivity index (χ1) is 14.6. The molecule has 2 unspecified atom stereocenters. The second-order valence-electron chi connectivity index (χ2n) is 10.8. The normalized spacial score (nSPS) is 53.8. The fourth-order valence-corrected chi connectivity index (χ4v) is 9.34. The van der Waals surface area contributed by atoms with Gasteiger partial charge in [-0.2, -0.15) is 0 Å². The number of allylic oxidation sites excluding steroid dienone is 2. The molecule has 5 rings (SSSR count). The molecular weight excluding hydrogens is 422 g/mol. The number of Topliss-reactive ketones (excluding diaryl/α,β-unsaturated/α-hetero) is 1. The number of thioether (sulfide) groups is 1. The van der Waals surface area contributed by atoms with Gasteiger partial charge in [0.2, 0.25) is 0 Å². The van der Waals surface area contributed by atoms with Crippen molar-refractivity contribution in [3.63, 3.8) is 0 Å². The van der Waals surface area contributed by atoms with Crippen LogP contribution in [0.25, 0.3) is 0 Å². The van der Waals surface area contributed by atoms with Gasteiger partial charge in [-0.25, -0.2) is 8.78 Å². The molecule has 0 amide bonds. The van der Waals surface area contributed by atoms with Gasteiger partial charge < -0.3 is 14.6 Å². The summed E-state index contributed by atoms with van der Waals surface area (Å²) in [5.41, 5.74) is -3.34. The van der Waals surface area contributed by atoms with Gasteiger partial charge >= 0.3 is 0 Å². The van der Waals surface area contributed by atoms with Crippen LogP contribution < -0.4 is 0 Å². The molecule has 0 aromatic carbocycles. The van der Waals surface area contributed by atoms with Crippen molar-refractivity contribution >= 4 is 17.5 Å². The molecule has 0 bridgehead atoms. The van der Waals surface area contributed by atoms with Gasteiger partial charge in [0.05, 0.1) is 12.2 Å². The van der Waals surface area contributed by atoms with Crippen molar-refractivity contribution in [2.24, 2.45) is 22.7 Å². The van der Waals surface area contributed by atoms with E-state index in [4.69, 9.17) is 9.47 Å². The Bertz CT molecular complexity index is 834. The summed E-state index contributed by atoms with van der Waals surface area (Å²) in [6.07, 6.45) is 3.28. The second-order valence-corrected chi connectivity index (χ2v) is 11.8. The van der Waals surface area contributed by atoms with Crippen molar-refractivity contribution < 1.29 is 28.2 Å². The summed E-state index contributed by atoms with van der Waals surface area (Å²) in [5.74, 6) is -1.20. The fourth-order valence-electron chi connectivity index (χ4n) is 8.02. The maximum absolute atomic E-state index is 17.2. The van der Waals surface area contributed by atoms with Crippen LogP contribution in [0.5, 0.6) is 0 Å². The summed E-state index contributed by atoms with van der Waals surface area (Å²) >= 11 is 1.60. The molecule has 3 saturated carbocycles. The van der Waals surface area contributed by atoms with Crippen molar-refractivity contribution in [3.8, 4) is 0 Å². The van der Waals surface area contributed by atoms with E-state index < -0.39 is 33.5 Å². The van der Waals surface area contributed by atoms with Gasteiger partial charge in [0.25, 0.3) is 0 Å². The van der Waals surface area contributed by atoms with Gasteiger partial charge in [0.1, 0.15) is 22.2 Å². The molecule has 0 spiro atoms. The molecular formula is C24H34F2O4S. The smallest absolute Gasteiger partial charge is 0.160 e. The van der Waals surface area contributed by atoms with Crippen LogP contribution in [0.4, 0.5) is 8.78 Å². The van der Waals surface area contributed by atoms with Crippen molar-refractivity contribution in [3.05, 3.63) is 11.4 Å². The molecule has 174 valence electrons. The van der Waals surface area contributed by atoms with E-state index in [1.54, 1.807) is 18.7 Å². The van der Waals surface area contributed by atoms with E-state index in [9.17, 15) is 9.90 Å². The Balaban J connectivity index is 1.59. The van der Waals surface area contributed by atoms with Gasteiger partial charge in [-0.05, 0) is 43.4 Å². The number of ketones is 1. The SMILES string of the molecule is CCC[C@@H]1O[C@@H]2CC3C4CC(F)=C5CC(=O)CC[C@]5(C)[C@@]4(F)[C@@H](O)C[C@]3(C)[C@]2(SC)O1. The molecule has 1 heterocycles. The Hall–Kier alpha value is -0.500. The monoisotopic (exact) mass is 456 g/mol. The summed E-state index contributed by atoms with van der Waals surface area (Å²) in [4.78, 5) is 11.4. The summed E-state index contributed by atoms with van der Waals surface area (Å²) in [7, 11) is 0. The van der Waals surface area contributed by atoms with Gasteiger partial charge in [0.15, 0.2) is 6.29 Å². The molecule has 0 radical (unpaired) electrons. The minimum atomic E-state index is -1.95.